The van der Waals surface area contributed by atoms with E-state index in [0.29, 0.717) is 36.6 Å². The van der Waals surface area contributed by atoms with Crippen LogP contribution >= 0.6 is 11.6 Å². The van der Waals surface area contributed by atoms with Gasteiger partial charge in [0.1, 0.15) is 5.76 Å². The second-order valence-electron chi connectivity index (χ2n) is 5.80. The molecule has 6 nitrogen and oxygen atoms in total. The lowest BCUT2D eigenvalue weighted by Gasteiger charge is -2.37. The predicted octanol–water partition coefficient (Wildman–Crippen LogP) is 3.09. The van der Waals surface area contributed by atoms with Crippen LogP contribution in [0.2, 0.25) is 5.02 Å². The number of halogens is 1. The molecule has 2 N–H and O–H groups in total. The van der Waals surface area contributed by atoms with E-state index in [4.69, 9.17) is 16.1 Å². The number of aromatic nitrogens is 1. The lowest BCUT2D eigenvalue weighted by atomic mass is 9.86. The zero-order chi connectivity index (χ0) is 16.4. The number of nitrogens with zero attached hydrogens (tertiary/aromatic N) is 1. The van der Waals surface area contributed by atoms with Crippen LogP contribution in [0.3, 0.4) is 0 Å². The van der Waals surface area contributed by atoms with Gasteiger partial charge in [-0.25, -0.2) is 4.79 Å². The first-order chi connectivity index (χ1) is 11.0. The van der Waals surface area contributed by atoms with Gasteiger partial charge in [0.05, 0.1) is 0 Å². The molecule has 1 aliphatic heterocycles. The van der Waals surface area contributed by atoms with Gasteiger partial charge >= 0.3 is 6.09 Å². The summed E-state index contributed by atoms with van der Waals surface area (Å²) in [5.41, 5.74) is 0.761. The van der Waals surface area contributed by atoms with Crippen molar-refractivity contribution in [3.63, 3.8) is 0 Å². The van der Waals surface area contributed by atoms with Gasteiger partial charge in [-0.3, -0.25) is 4.79 Å². The number of amides is 1. The van der Waals surface area contributed by atoms with Crippen molar-refractivity contribution < 1.29 is 14.4 Å². The smallest absolute Gasteiger partial charge is 0.407 e. The number of piperidine rings is 1. The van der Waals surface area contributed by atoms with Gasteiger partial charge in [-0.05, 0) is 37.0 Å². The second kappa shape index (κ2) is 6.50. The van der Waals surface area contributed by atoms with Gasteiger partial charge in [-0.2, -0.15) is 5.16 Å². The fourth-order valence-electron chi connectivity index (χ4n) is 3.15. The van der Waals surface area contributed by atoms with Crippen molar-refractivity contribution in [2.45, 2.75) is 31.2 Å². The zero-order valence-electron chi connectivity index (χ0n) is 12.4. The van der Waals surface area contributed by atoms with Crippen LogP contribution in [-0.4, -0.2) is 33.8 Å². The quantitative estimate of drug-likeness (QED) is 0.901. The summed E-state index contributed by atoms with van der Waals surface area (Å²) in [6.07, 6.45) is 0.951. The van der Waals surface area contributed by atoms with Crippen LogP contribution in [0.15, 0.2) is 39.6 Å². The van der Waals surface area contributed by atoms with E-state index >= 15 is 0 Å². The number of H-pyrrole nitrogens is 1. The van der Waals surface area contributed by atoms with Crippen molar-refractivity contribution in [1.29, 1.82) is 0 Å². The Bertz CT molecular complexity index is 737. The SMILES string of the molecule is O=C(O)N1CC[C@@H](c2cc(=O)[nH]o2)C[C@@H]1Cc1ccc(Cl)cc1. The molecule has 0 radical (unpaired) electrons. The maximum Gasteiger partial charge on any atom is 0.407 e. The Morgan fingerprint density at radius 2 is 2.13 bits per heavy atom. The van der Waals surface area contributed by atoms with Crippen molar-refractivity contribution in [2.24, 2.45) is 0 Å². The van der Waals surface area contributed by atoms with E-state index in [9.17, 15) is 14.7 Å². The van der Waals surface area contributed by atoms with Crippen LogP contribution < -0.4 is 5.56 Å². The average Bonchev–Trinajstić information content (AvgIpc) is 2.96. The van der Waals surface area contributed by atoms with Gasteiger partial charge in [0.15, 0.2) is 0 Å². The Morgan fingerprint density at radius 1 is 1.39 bits per heavy atom. The van der Waals surface area contributed by atoms with E-state index in [1.165, 1.54) is 11.0 Å². The van der Waals surface area contributed by atoms with Gasteiger partial charge < -0.3 is 14.5 Å². The summed E-state index contributed by atoms with van der Waals surface area (Å²) in [5.74, 6) is 0.642. The van der Waals surface area contributed by atoms with Gasteiger partial charge in [-0.15, -0.1) is 0 Å². The highest BCUT2D eigenvalue weighted by Gasteiger charge is 2.33. The number of rotatable bonds is 3. The molecule has 2 atom stereocenters. The van der Waals surface area contributed by atoms with Gasteiger partial charge in [-0.1, -0.05) is 23.7 Å². The monoisotopic (exact) mass is 336 g/mol. The number of likely N-dealkylation sites (tertiary alicyclic amines) is 1. The minimum atomic E-state index is -0.919. The fraction of sp³-hybridized carbons (Fsp3) is 0.375. The maximum absolute atomic E-state index is 11.5. The maximum atomic E-state index is 11.5. The Labute approximate surface area is 137 Å². The summed E-state index contributed by atoms with van der Waals surface area (Å²) in [6, 6.07) is 8.69. The average molecular weight is 337 g/mol. The standard InChI is InChI=1S/C16H17ClN2O4/c17-12-3-1-10(2-4-12)7-13-8-11(5-6-19(13)16(21)22)14-9-15(20)18-23-14/h1-4,9,11,13H,5-8H2,(H,18,20)(H,21,22)/t11-,13+/m1/s1. The summed E-state index contributed by atoms with van der Waals surface area (Å²) < 4.78 is 5.19. The Kier molecular flexibility index (Phi) is 4.43. The molecule has 1 aliphatic rings. The molecule has 1 fully saturated rings. The second-order valence-corrected chi connectivity index (χ2v) is 6.23. The molecular formula is C16H17ClN2O4. The molecule has 23 heavy (non-hydrogen) atoms. The first-order valence-corrected chi connectivity index (χ1v) is 7.83. The summed E-state index contributed by atoms with van der Waals surface area (Å²) in [4.78, 5) is 24.2. The van der Waals surface area contributed by atoms with Crippen molar-refractivity contribution in [3.05, 3.63) is 57.0 Å². The van der Waals surface area contributed by atoms with Gasteiger partial charge in [0.25, 0.3) is 5.56 Å². The van der Waals surface area contributed by atoms with Crippen LogP contribution in [0, 0.1) is 0 Å². The number of benzene rings is 1. The number of carboxylic acid groups (broad SMARTS) is 1. The molecule has 0 unspecified atom stereocenters. The Morgan fingerprint density at radius 3 is 2.74 bits per heavy atom. The highest BCUT2D eigenvalue weighted by molar-refractivity contribution is 6.30. The third-order valence-corrected chi connectivity index (χ3v) is 4.54. The third kappa shape index (κ3) is 3.59. The zero-order valence-corrected chi connectivity index (χ0v) is 13.1. The predicted molar refractivity (Wildman–Crippen MR) is 85.0 cm³/mol. The molecule has 1 saturated heterocycles. The molecule has 2 aromatic rings. The molecule has 3 rings (SSSR count). The molecule has 0 saturated carbocycles. The minimum absolute atomic E-state index is 0.0434. The molecule has 2 heterocycles. The molecule has 122 valence electrons. The molecule has 1 aromatic carbocycles. The Hall–Kier alpha value is -2.21. The molecule has 1 aromatic heterocycles. The highest BCUT2D eigenvalue weighted by Crippen LogP contribution is 2.32. The van der Waals surface area contributed by atoms with Crippen LogP contribution in [0.4, 0.5) is 4.79 Å². The lowest BCUT2D eigenvalue weighted by molar-refractivity contribution is 0.0968. The largest absolute Gasteiger partial charge is 0.465 e. The van der Waals surface area contributed by atoms with Crippen molar-refractivity contribution in [2.75, 3.05) is 6.54 Å². The van der Waals surface area contributed by atoms with Crippen LogP contribution in [0.25, 0.3) is 0 Å². The Balaban J connectivity index is 1.78. The normalized spacial score (nSPS) is 21.3. The first-order valence-electron chi connectivity index (χ1n) is 7.45. The molecule has 1 amide bonds. The van der Waals surface area contributed by atoms with E-state index < -0.39 is 6.09 Å². The first kappa shape index (κ1) is 15.7. The van der Waals surface area contributed by atoms with Crippen LogP contribution in [-0.2, 0) is 6.42 Å². The number of carbonyl (C=O) groups is 1. The number of aromatic amines is 1. The topological polar surface area (TPSA) is 86.5 Å². The van der Waals surface area contributed by atoms with E-state index in [-0.39, 0.29) is 17.5 Å². The van der Waals surface area contributed by atoms with Crippen LogP contribution in [0.5, 0.6) is 0 Å². The third-order valence-electron chi connectivity index (χ3n) is 4.29. The van der Waals surface area contributed by atoms with Crippen molar-refractivity contribution >= 4 is 17.7 Å². The number of hydrogen-bond donors (Lipinski definition) is 2. The summed E-state index contributed by atoms with van der Waals surface area (Å²) in [5, 5.41) is 12.4. The van der Waals surface area contributed by atoms with E-state index in [0.717, 1.165) is 5.56 Å². The highest BCUT2D eigenvalue weighted by atomic mass is 35.5. The molecule has 0 bridgehead atoms. The van der Waals surface area contributed by atoms with Gasteiger partial charge in [0, 0.05) is 29.6 Å². The van der Waals surface area contributed by atoms with E-state index in [2.05, 4.69) is 5.16 Å². The van der Waals surface area contributed by atoms with Crippen molar-refractivity contribution in [3.8, 4) is 0 Å². The molecular weight excluding hydrogens is 320 g/mol. The lowest BCUT2D eigenvalue weighted by Crippen LogP contribution is -2.46. The molecule has 0 spiro atoms. The van der Waals surface area contributed by atoms with Crippen molar-refractivity contribution in [1.82, 2.24) is 10.1 Å². The summed E-state index contributed by atoms with van der Waals surface area (Å²) >= 11 is 5.89. The van der Waals surface area contributed by atoms with Crippen LogP contribution in [0.1, 0.15) is 30.1 Å². The summed E-state index contributed by atoms with van der Waals surface area (Å²) in [7, 11) is 0. The summed E-state index contributed by atoms with van der Waals surface area (Å²) in [6.45, 7) is 0.424. The number of hydrogen-bond acceptors (Lipinski definition) is 3. The molecule has 7 heteroatoms. The van der Waals surface area contributed by atoms with E-state index in [1.54, 1.807) is 12.1 Å². The fourth-order valence-corrected chi connectivity index (χ4v) is 3.27. The number of nitrogens with one attached hydrogen (secondary N) is 1. The molecule has 0 aliphatic carbocycles. The van der Waals surface area contributed by atoms with Gasteiger partial charge in [0.2, 0.25) is 0 Å². The minimum Gasteiger partial charge on any atom is -0.465 e. The van der Waals surface area contributed by atoms with E-state index in [1.807, 2.05) is 12.1 Å².